The molecule has 162 valence electrons. The van der Waals surface area contributed by atoms with E-state index in [9.17, 15) is 16.8 Å². The Balaban J connectivity index is 2.91. The standard InChI is InChI=1S/C20H36N2O4S2/c1-15(2)27(23,24)21-13-19(5,6)17-9-11-18(12-10-17)20(7,8)14-22-28(25,26)16(3)4/h9-12,15-16,21-22H,13-14H2,1-8H3. The van der Waals surface area contributed by atoms with E-state index in [1.165, 1.54) is 0 Å². The third-order valence-corrected chi connectivity index (χ3v) is 8.70. The molecule has 0 aromatic heterocycles. The molecule has 0 fully saturated rings. The summed E-state index contributed by atoms with van der Waals surface area (Å²) in [5.74, 6) is 0. The van der Waals surface area contributed by atoms with Gasteiger partial charge in [0, 0.05) is 23.9 Å². The zero-order valence-corrected chi connectivity index (χ0v) is 20.0. The van der Waals surface area contributed by atoms with Gasteiger partial charge in [-0.2, -0.15) is 0 Å². The van der Waals surface area contributed by atoms with Crippen molar-refractivity contribution in [2.45, 2.75) is 76.7 Å². The first-order chi connectivity index (χ1) is 12.5. The molecule has 0 saturated heterocycles. The first-order valence-electron chi connectivity index (χ1n) is 9.59. The number of benzene rings is 1. The summed E-state index contributed by atoms with van der Waals surface area (Å²) in [6.07, 6.45) is 0. The Kier molecular flexibility index (Phi) is 7.89. The molecule has 28 heavy (non-hydrogen) atoms. The summed E-state index contributed by atoms with van der Waals surface area (Å²) in [4.78, 5) is 0. The highest BCUT2D eigenvalue weighted by Crippen LogP contribution is 2.28. The van der Waals surface area contributed by atoms with Crippen molar-refractivity contribution in [1.82, 2.24) is 9.44 Å². The summed E-state index contributed by atoms with van der Waals surface area (Å²) in [5, 5.41) is -0.942. The van der Waals surface area contributed by atoms with Crippen LogP contribution in [0.2, 0.25) is 0 Å². The maximum Gasteiger partial charge on any atom is 0.213 e. The third kappa shape index (κ3) is 6.54. The minimum atomic E-state index is -3.31. The van der Waals surface area contributed by atoms with Crippen LogP contribution in [0, 0.1) is 0 Å². The van der Waals surface area contributed by atoms with Gasteiger partial charge >= 0.3 is 0 Å². The molecule has 0 aliphatic rings. The lowest BCUT2D eigenvalue weighted by Gasteiger charge is -2.29. The fraction of sp³-hybridized carbons (Fsp3) is 0.700. The minimum Gasteiger partial charge on any atom is -0.214 e. The quantitative estimate of drug-likeness (QED) is 0.595. The van der Waals surface area contributed by atoms with E-state index in [-0.39, 0.29) is 10.8 Å². The van der Waals surface area contributed by atoms with Gasteiger partial charge in [-0.25, -0.2) is 26.3 Å². The minimum absolute atomic E-state index is 0.310. The molecule has 0 spiro atoms. The summed E-state index contributed by atoms with van der Waals surface area (Å²) < 4.78 is 53.5. The topological polar surface area (TPSA) is 92.3 Å². The Morgan fingerprint density at radius 3 is 1.14 bits per heavy atom. The fourth-order valence-electron chi connectivity index (χ4n) is 2.47. The molecule has 0 aliphatic carbocycles. The molecule has 6 nitrogen and oxygen atoms in total. The Morgan fingerprint density at radius 1 is 0.679 bits per heavy atom. The van der Waals surface area contributed by atoms with Crippen LogP contribution >= 0.6 is 0 Å². The SMILES string of the molecule is CC(C)S(=O)(=O)NCC(C)(C)c1ccc(C(C)(C)CNS(=O)(=O)C(C)C)cc1. The van der Waals surface area contributed by atoms with Crippen LogP contribution in [0.15, 0.2) is 24.3 Å². The average molecular weight is 433 g/mol. The Hall–Kier alpha value is -0.960. The molecule has 1 rings (SSSR count). The van der Waals surface area contributed by atoms with E-state index in [1.807, 2.05) is 52.0 Å². The highest BCUT2D eigenvalue weighted by atomic mass is 32.2. The molecule has 0 saturated carbocycles. The van der Waals surface area contributed by atoms with E-state index in [2.05, 4.69) is 9.44 Å². The van der Waals surface area contributed by atoms with E-state index in [1.54, 1.807) is 27.7 Å². The van der Waals surface area contributed by atoms with Crippen molar-refractivity contribution in [3.05, 3.63) is 35.4 Å². The number of hydrogen-bond donors (Lipinski definition) is 2. The molecule has 0 atom stereocenters. The first-order valence-corrected chi connectivity index (χ1v) is 12.7. The molecule has 0 unspecified atom stereocenters. The van der Waals surface area contributed by atoms with Gasteiger partial charge in [-0.05, 0) is 38.8 Å². The first kappa shape index (κ1) is 25.1. The van der Waals surface area contributed by atoms with Crippen molar-refractivity contribution in [2.75, 3.05) is 13.1 Å². The number of sulfonamides is 2. The normalized spacial score (nSPS) is 14.1. The van der Waals surface area contributed by atoms with E-state index < -0.39 is 30.5 Å². The molecule has 0 bridgehead atoms. The lowest BCUT2D eigenvalue weighted by molar-refractivity contribution is 0.491. The summed E-state index contributed by atoms with van der Waals surface area (Å²) in [6, 6.07) is 7.94. The average Bonchev–Trinajstić information content (AvgIpc) is 2.58. The lowest BCUT2D eigenvalue weighted by Crippen LogP contribution is -2.40. The van der Waals surface area contributed by atoms with Gasteiger partial charge in [-0.1, -0.05) is 52.0 Å². The predicted octanol–water partition coefficient (Wildman–Crippen LogP) is 2.90. The van der Waals surface area contributed by atoms with E-state index in [4.69, 9.17) is 0 Å². The summed E-state index contributed by atoms with van der Waals surface area (Å²) in [6.45, 7) is 15.2. The summed E-state index contributed by atoms with van der Waals surface area (Å²) in [5.41, 5.74) is 1.29. The van der Waals surface area contributed by atoms with Gasteiger partial charge < -0.3 is 0 Å². The largest absolute Gasteiger partial charge is 0.214 e. The molecule has 0 aliphatic heterocycles. The van der Waals surface area contributed by atoms with Crippen LogP contribution in [-0.2, 0) is 30.9 Å². The second kappa shape index (κ2) is 8.81. The van der Waals surface area contributed by atoms with Crippen molar-refractivity contribution in [3.63, 3.8) is 0 Å². The number of nitrogens with one attached hydrogen (secondary N) is 2. The molecule has 0 radical (unpaired) electrons. The van der Waals surface area contributed by atoms with Crippen molar-refractivity contribution in [2.24, 2.45) is 0 Å². The summed E-state index contributed by atoms with van der Waals surface area (Å²) >= 11 is 0. The highest BCUT2D eigenvalue weighted by molar-refractivity contribution is 7.90. The van der Waals surface area contributed by atoms with E-state index >= 15 is 0 Å². The van der Waals surface area contributed by atoms with Crippen molar-refractivity contribution >= 4 is 20.0 Å². The highest BCUT2D eigenvalue weighted by Gasteiger charge is 2.27. The fourth-order valence-corrected chi connectivity index (χ4v) is 4.26. The van der Waals surface area contributed by atoms with Gasteiger partial charge in [-0.15, -0.1) is 0 Å². The zero-order chi connectivity index (χ0) is 22.0. The van der Waals surface area contributed by atoms with Crippen LogP contribution in [0.1, 0.15) is 66.5 Å². The zero-order valence-electron chi connectivity index (χ0n) is 18.3. The summed E-state index contributed by atoms with van der Waals surface area (Å²) in [7, 11) is -6.63. The van der Waals surface area contributed by atoms with Crippen LogP contribution in [0.4, 0.5) is 0 Å². The van der Waals surface area contributed by atoms with Crippen LogP contribution in [0.25, 0.3) is 0 Å². The maximum absolute atomic E-state index is 12.0. The monoisotopic (exact) mass is 432 g/mol. The van der Waals surface area contributed by atoms with Gasteiger partial charge in [0.1, 0.15) is 0 Å². The second-order valence-electron chi connectivity index (χ2n) is 9.17. The number of hydrogen-bond acceptors (Lipinski definition) is 4. The van der Waals surface area contributed by atoms with Crippen LogP contribution in [0.5, 0.6) is 0 Å². The van der Waals surface area contributed by atoms with Gasteiger partial charge in [0.05, 0.1) is 10.5 Å². The molecular weight excluding hydrogens is 396 g/mol. The van der Waals surface area contributed by atoms with Crippen molar-refractivity contribution in [1.29, 1.82) is 0 Å². The van der Waals surface area contributed by atoms with Gasteiger partial charge in [0.15, 0.2) is 0 Å². The van der Waals surface area contributed by atoms with Crippen LogP contribution in [0.3, 0.4) is 0 Å². The van der Waals surface area contributed by atoms with Crippen molar-refractivity contribution < 1.29 is 16.8 Å². The number of rotatable bonds is 10. The van der Waals surface area contributed by atoms with Gasteiger partial charge in [-0.3, -0.25) is 0 Å². The maximum atomic E-state index is 12.0. The molecule has 2 N–H and O–H groups in total. The second-order valence-corrected chi connectivity index (χ2v) is 13.8. The Morgan fingerprint density at radius 2 is 0.929 bits per heavy atom. The van der Waals surface area contributed by atoms with E-state index in [0.29, 0.717) is 13.1 Å². The molecule has 8 heteroatoms. The molecular formula is C20H36N2O4S2. The van der Waals surface area contributed by atoms with E-state index in [0.717, 1.165) is 11.1 Å². The molecule has 0 amide bonds. The molecule has 1 aromatic carbocycles. The van der Waals surface area contributed by atoms with Crippen molar-refractivity contribution in [3.8, 4) is 0 Å². The predicted molar refractivity (Wildman–Crippen MR) is 117 cm³/mol. The van der Waals surface area contributed by atoms with Crippen LogP contribution in [-0.4, -0.2) is 40.4 Å². The Labute approximate surface area is 171 Å². The molecule has 0 heterocycles. The molecule has 1 aromatic rings. The van der Waals surface area contributed by atoms with Crippen LogP contribution < -0.4 is 9.44 Å². The van der Waals surface area contributed by atoms with Gasteiger partial charge in [0.2, 0.25) is 20.0 Å². The van der Waals surface area contributed by atoms with Gasteiger partial charge in [0.25, 0.3) is 0 Å². The third-order valence-electron chi connectivity index (χ3n) is 5.12. The smallest absolute Gasteiger partial charge is 0.213 e. The lowest BCUT2D eigenvalue weighted by atomic mass is 9.80. The Bertz CT molecular complexity index is 781.